The van der Waals surface area contributed by atoms with Crippen LogP contribution in [0.1, 0.15) is 64.9 Å². The molecule has 1 aliphatic carbocycles. The molecule has 4 atom stereocenters. The van der Waals surface area contributed by atoms with Crippen LogP contribution in [0.2, 0.25) is 0 Å². The van der Waals surface area contributed by atoms with E-state index in [0.717, 1.165) is 48.2 Å². The quantitative estimate of drug-likeness (QED) is 0.0934. The fourth-order valence-electron chi connectivity index (χ4n) is 9.03. The number of hydrogen-bond acceptors (Lipinski definition) is 12. The first-order valence-electron chi connectivity index (χ1n) is 23.4. The van der Waals surface area contributed by atoms with Gasteiger partial charge in [-0.05, 0) is 102 Å². The summed E-state index contributed by atoms with van der Waals surface area (Å²) in [6.45, 7) is 11.5. The number of nitrogens with zero attached hydrogens (tertiary/aromatic N) is 7. The second-order valence-corrected chi connectivity index (χ2v) is 19.6. The molecule has 16 nitrogen and oxygen atoms in total. The highest BCUT2D eigenvalue weighted by molar-refractivity contribution is 7.99. The molecule has 4 heterocycles. The standard InChI is InChI=1S/C17H20N2S.C16H25NO2.C11H16N2O3.C8H10N4O2/c1-13(18(2)3)12-19-14-8-4-6-10-16(14)20-17-11-7-5-9-15(17)19;1-17(2)12-14-7-4-5-10-16(14,18)13-8-6-9-15(11-13)19-3;1-4-6-11(7(3)5-2)8(14)12-10(16)13-9(11)15;1-10-4-9-6-5(10)7(13)12(3)8(14)11(6)2/h4-11,13H,12H2,1-3H3;6,8-9,11,14,18H,4-5,7,10,12H2,1-3H3;4,7H,1,5-6H2,2-3H3,(H2,12,13,14,15,16);4H,1-3H3/t;14-,16+;;/m.1../s1. The average molecular weight is 966 g/mol. The Bertz CT molecular complexity index is 2660. The number of aromatic nitrogens is 4. The number of ether oxygens (including phenoxy) is 1. The monoisotopic (exact) mass is 966 g/mol. The van der Waals surface area contributed by atoms with E-state index in [-0.39, 0.29) is 23.6 Å². The summed E-state index contributed by atoms with van der Waals surface area (Å²) in [7, 11) is 14.9. The van der Waals surface area contributed by atoms with Crippen molar-refractivity contribution < 1.29 is 24.2 Å². The number of nitrogens with one attached hydrogen (secondary N) is 2. The van der Waals surface area contributed by atoms with Crippen LogP contribution in [0.5, 0.6) is 5.75 Å². The van der Waals surface area contributed by atoms with Crippen molar-refractivity contribution in [3.05, 3.63) is 118 Å². The molecule has 3 N–H and O–H groups in total. The number of allylic oxidation sites excluding steroid dienone is 1. The number of likely N-dealkylation sites (N-methyl/N-ethyl adjacent to an activating group) is 1. The lowest BCUT2D eigenvalue weighted by Gasteiger charge is -2.41. The first-order valence-corrected chi connectivity index (χ1v) is 24.2. The van der Waals surface area contributed by atoms with Gasteiger partial charge in [0.1, 0.15) is 11.2 Å². The molecular formula is C52H71N9O7S. The second-order valence-electron chi connectivity index (χ2n) is 18.6. The zero-order chi connectivity index (χ0) is 50.8. The number of imidazole rings is 1. The van der Waals surface area contributed by atoms with E-state index in [1.54, 1.807) is 25.8 Å². The van der Waals surface area contributed by atoms with Gasteiger partial charge in [-0.1, -0.05) is 87.3 Å². The predicted molar refractivity (Wildman–Crippen MR) is 274 cm³/mol. The Balaban J connectivity index is 0.000000173. The maximum Gasteiger partial charge on any atom is 0.332 e. The summed E-state index contributed by atoms with van der Waals surface area (Å²) in [5.74, 6) is -0.104. The summed E-state index contributed by atoms with van der Waals surface area (Å²) < 4.78 is 9.33. The van der Waals surface area contributed by atoms with Gasteiger partial charge in [0.25, 0.3) is 5.56 Å². The normalized spacial score (nSPS) is 19.0. The number of rotatable bonds is 11. The molecule has 2 aromatic heterocycles. The number of aryl methyl sites for hydroxylation is 2. The minimum Gasteiger partial charge on any atom is -0.497 e. The summed E-state index contributed by atoms with van der Waals surface area (Å²) in [4.78, 5) is 71.5. The zero-order valence-corrected chi connectivity index (χ0v) is 42.9. The van der Waals surface area contributed by atoms with Gasteiger partial charge in [-0.15, -0.1) is 6.58 Å². The SMILES string of the molecule is C=CCC1(C(C)CC)C(=O)NC(=O)NC1=O.CC(CN1c2ccccc2Sc2ccccc21)N(C)C.COc1cccc([C@@]2(O)CCCC[C@@H]2CN(C)C)c1.Cn1c(=O)c2c(ncn2C)n(C)c1=O. The van der Waals surface area contributed by atoms with Gasteiger partial charge in [-0.3, -0.25) is 34.2 Å². The van der Waals surface area contributed by atoms with Crippen LogP contribution in [0.3, 0.4) is 0 Å². The number of methoxy groups -OCH3 is 1. The fourth-order valence-corrected chi connectivity index (χ4v) is 10.1. The van der Waals surface area contributed by atoms with E-state index in [2.05, 4.69) is 121 Å². The third kappa shape index (κ3) is 11.9. The highest BCUT2D eigenvalue weighted by atomic mass is 32.2. The van der Waals surface area contributed by atoms with Crippen LogP contribution in [0, 0.1) is 17.3 Å². The number of anilines is 2. The van der Waals surface area contributed by atoms with Crippen LogP contribution in [0.4, 0.5) is 16.2 Å². The van der Waals surface area contributed by atoms with Crippen LogP contribution in [0.25, 0.3) is 11.2 Å². The van der Waals surface area contributed by atoms with Crippen LogP contribution in [-0.4, -0.2) is 106 Å². The lowest BCUT2D eigenvalue weighted by Crippen LogP contribution is -2.64. The number of urea groups is 1. The Hall–Kier alpha value is -6.01. The molecule has 0 bridgehead atoms. The number of aliphatic hydroxyl groups is 1. The maximum absolute atomic E-state index is 11.9. The number of amides is 4. The number of fused-ring (bicyclic) bond motifs is 3. The van der Waals surface area contributed by atoms with Crippen molar-refractivity contribution in [3.63, 3.8) is 0 Å². The third-order valence-electron chi connectivity index (χ3n) is 13.6. The molecular weight excluding hydrogens is 895 g/mol. The number of hydrogen-bond donors (Lipinski definition) is 3. The molecule has 1 saturated heterocycles. The highest BCUT2D eigenvalue weighted by Crippen LogP contribution is 2.48. The van der Waals surface area contributed by atoms with Gasteiger partial charge in [0.2, 0.25) is 11.8 Å². The summed E-state index contributed by atoms with van der Waals surface area (Å²) >= 11 is 1.87. The van der Waals surface area contributed by atoms with E-state index >= 15 is 0 Å². The van der Waals surface area contributed by atoms with Gasteiger partial charge in [-0.25, -0.2) is 14.6 Å². The Morgan fingerprint density at radius 1 is 0.899 bits per heavy atom. The molecule has 3 aliphatic rings. The number of carbonyl (C=O) groups is 3. The number of carbonyl (C=O) groups excluding carboxylic acids is 3. The van der Waals surface area contributed by atoms with Crippen molar-refractivity contribution in [2.45, 2.75) is 80.7 Å². The third-order valence-corrected chi connectivity index (χ3v) is 14.7. The smallest absolute Gasteiger partial charge is 0.332 e. The van der Waals surface area contributed by atoms with Crippen molar-refractivity contribution in [2.24, 2.45) is 38.4 Å². The molecule has 372 valence electrons. The van der Waals surface area contributed by atoms with Gasteiger partial charge < -0.3 is 29.1 Å². The van der Waals surface area contributed by atoms with Crippen LogP contribution in [0.15, 0.2) is 111 Å². The molecule has 2 aliphatic heterocycles. The van der Waals surface area contributed by atoms with E-state index in [1.165, 1.54) is 51.6 Å². The van der Waals surface area contributed by atoms with Crippen molar-refractivity contribution in [2.75, 3.05) is 53.3 Å². The van der Waals surface area contributed by atoms with Crippen LogP contribution >= 0.6 is 11.8 Å². The van der Waals surface area contributed by atoms with E-state index < -0.39 is 28.9 Å². The van der Waals surface area contributed by atoms with E-state index in [9.17, 15) is 29.1 Å². The van der Waals surface area contributed by atoms with E-state index in [1.807, 2.05) is 49.9 Å². The average Bonchev–Trinajstić information content (AvgIpc) is 3.73. The predicted octanol–water partition coefficient (Wildman–Crippen LogP) is 6.81. The van der Waals surface area contributed by atoms with Crippen LogP contribution in [-0.2, 0) is 36.3 Å². The second kappa shape index (κ2) is 23.5. The van der Waals surface area contributed by atoms with Crippen molar-refractivity contribution in [1.82, 2.24) is 39.1 Å². The van der Waals surface area contributed by atoms with Crippen molar-refractivity contribution in [1.29, 1.82) is 0 Å². The van der Waals surface area contributed by atoms with Gasteiger partial charge in [0, 0.05) is 56.0 Å². The zero-order valence-electron chi connectivity index (χ0n) is 42.1. The van der Waals surface area contributed by atoms with Crippen molar-refractivity contribution >= 4 is 52.1 Å². The molecule has 0 spiro atoms. The number of para-hydroxylation sites is 2. The first kappa shape index (κ1) is 53.9. The molecule has 2 unspecified atom stereocenters. The molecule has 4 amide bonds. The maximum atomic E-state index is 11.9. The molecule has 0 radical (unpaired) electrons. The van der Waals surface area contributed by atoms with Crippen LogP contribution < -0.4 is 31.5 Å². The number of benzene rings is 3. The molecule has 2 fully saturated rings. The topological polar surface area (TPSA) is 176 Å². The fraction of sp³-hybridized carbons (Fsp3) is 0.462. The molecule has 69 heavy (non-hydrogen) atoms. The Morgan fingerprint density at radius 3 is 2.06 bits per heavy atom. The Labute approximate surface area is 410 Å². The molecule has 5 aromatic rings. The molecule has 8 rings (SSSR count). The number of barbiturate groups is 1. The molecule has 17 heteroatoms. The summed E-state index contributed by atoms with van der Waals surface area (Å²) in [5, 5.41) is 15.5. The van der Waals surface area contributed by atoms with Gasteiger partial charge in [-0.2, -0.15) is 0 Å². The highest BCUT2D eigenvalue weighted by Gasteiger charge is 2.52. The van der Waals surface area contributed by atoms with Gasteiger partial charge in [0.05, 0.1) is 30.4 Å². The van der Waals surface area contributed by atoms with Crippen molar-refractivity contribution in [3.8, 4) is 5.75 Å². The molecule has 3 aromatic carbocycles. The lowest BCUT2D eigenvalue weighted by atomic mass is 9.70. The summed E-state index contributed by atoms with van der Waals surface area (Å²) in [6.07, 6.45) is 8.19. The summed E-state index contributed by atoms with van der Waals surface area (Å²) in [5.41, 5.74) is 1.91. The lowest BCUT2D eigenvalue weighted by molar-refractivity contribution is -0.148. The van der Waals surface area contributed by atoms with Gasteiger partial charge >= 0.3 is 11.7 Å². The number of imide groups is 2. The van der Waals surface area contributed by atoms with E-state index in [0.29, 0.717) is 29.5 Å². The Kier molecular flexibility index (Phi) is 18.4. The minimum absolute atomic E-state index is 0.154. The first-order chi connectivity index (χ1) is 32.7. The molecule has 1 saturated carbocycles. The Morgan fingerprint density at radius 2 is 1.51 bits per heavy atom. The van der Waals surface area contributed by atoms with E-state index in [4.69, 9.17) is 4.74 Å². The minimum atomic E-state index is -1.20. The summed E-state index contributed by atoms with van der Waals surface area (Å²) in [6, 6.07) is 25.0. The van der Waals surface area contributed by atoms with Gasteiger partial charge in [0.15, 0.2) is 11.2 Å². The largest absolute Gasteiger partial charge is 0.497 e.